The molecule has 0 bridgehead atoms. The van der Waals surface area contributed by atoms with Crippen molar-refractivity contribution in [2.75, 3.05) is 50.5 Å². The minimum absolute atomic E-state index is 0.206. The van der Waals surface area contributed by atoms with Crippen LogP contribution in [0.2, 0.25) is 5.02 Å². The summed E-state index contributed by atoms with van der Waals surface area (Å²) >= 11 is 7.69. The molecule has 194 valence electrons. The molecule has 0 atom stereocenters. The highest BCUT2D eigenvalue weighted by Gasteiger charge is 2.30. The first-order valence-corrected chi connectivity index (χ1v) is 14.7. The van der Waals surface area contributed by atoms with E-state index in [0.29, 0.717) is 69.3 Å². The molecule has 1 aliphatic rings. The second-order valence-electron chi connectivity index (χ2n) is 8.75. The van der Waals surface area contributed by atoms with Crippen molar-refractivity contribution < 1.29 is 22.5 Å². The monoisotopic (exact) mass is 560 g/mol. The van der Waals surface area contributed by atoms with Gasteiger partial charge in [0.2, 0.25) is 0 Å². The number of fused-ring (bicyclic) bond motifs is 1. The van der Waals surface area contributed by atoms with Crippen LogP contribution in [0.4, 0.5) is 5.13 Å². The number of carbonyl (C=O) groups is 1. The molecule has 1 fully saturated rings. The van der Waals surface area contributed by atoms with Gasteiger partial charge in [-0.1, -0.05) is 46.3 Å². The molecular weight excluding hydrogens is 536 g/mol. The largest absolute Gasteiger partial charge is 0.379 e. The molecule has 37 heavy (non-hydrogen) atoms. The molecule has 0 radical (unpaired) electrons. The van der Waals surface area contributed by atoms with Crippen molar-refractivity contribution >= 4 is 54.0 Å². The van der Waals surface area contributed by atoms with Gasteiger partial charge in [-0.05, 0) is 31.2 Å². The molecule has 0 spiro atoms. The molecule has 5 rings (SSSR count). The summed E-state index contributed by atoms with van der Waals surface area (Å²) in [6.07, 6.45) is 1.17. The lowest BCUT2D eigenvalue weighted by atomic mass is 10.1. The molecule has 0 unspecified atom stereocenters. The molecule has 0 N–H and O–H groups in total. The first-order chi connectivity index (χ1) is 17.7. The van der Waals surface area contributed by atoms with Crippen LogP contribution >= 0.6 is 22.9 Å². The topological polar surface area (TPSA) is 106 Å². The van der Waals surface area contributed by atoms with Gasteiger partial charge >= 0.3 is 0 Å². The molecule has 2 aromatic heterocycles. The summed E-state index contributed by atoms with van der Waals surface area (Å²) in [4.78, 5) is 22.9. The molecule has 0 saturated carbocycles. The zero-order chi connectivity index (χ0) is 26.2. The molecule has 1 saturated heterocycles. The van der Waals surface area contributed by atoms with E-state index in [0.717, 1.165) is 13.1 Å². The van der Waals surface area contributed by atoms with Crippen molar-refractivity contribution in [1.29, 1.82) is 0 Å². The number of benzene rings is 2. The van der Waals surface area contributed by atoms with Crippen LogP contribution in [0, 0.1) is 6.92 Å². The Bertz CT molecular complexity index is 1560. The van der Waals surface area contributed by atoms with Crippen molar-refractivity contribution in [2.45, 2.75) is 11.8 Å². The quantitative estimate of drug-likeness (QED) is 0.329. The molecule has 1 amide bonds. The predicted octanol–water partition coefficient (Wildman–Crippen LogP) is 4.30. The summed E-state index contributed by atoms with van der Waals surface area (Å²) < 4.78 is 35.7. The number of aryl methyl sites for hydroxylation is 1. The number of thiazole rings is 1. The number of morpholine rings is 1. The van der Waals surface area contributed by atoms with Gasteiger partial charge in [0, 0.05) is 38.0 Å². The highest BCUT2D eigenvalue weighted by molar-refractivity contribution is 7.90. The third kappa shape index (κ3) is 5.41. The molecular formula is C25H25ClN4O5S2. The van der Waals surface area contributed by atoms with E-state index < -0.39 is 9.84 Å². The molecule has 0 aliphatic carbocycles. The lowest BCUT2D eigenvalue weighted by molar-refractivity contribution is 0.0391. The van der Waals surface area contributed by atoms with Gasteiger partial charge < -0.3 is 9.26 Å². The highest BCUT2D eigenvalue weighted by atomic mass is 35.5. The lowest BCUT2D eigenvalue weighted by Gasteiger charge is -2.29. The number of hydrogen-bond acceptors (Lipinski definition) is 9. The Morgan fingerprint density at radius 2 is 1.95 bits per heavy atom. The zero-order valence-corrected chi connectivity index (χ0v) is 22.7. The highest BCUT2D eigenvalue weighted by Crippen LogP contribution is 2.35. The van der Waals surface area contributed by atoms with E-state index in [1.54, 1.807) is 42.2 Å². The zero-order valence-electron chi connectivity index (χ0n) is 20.3. The van der Waals surface area contributed by atoms with Crippen LogP contribution in [0.1, 0.15) is 16.1 Å². The van der Waals surface area contributed by atoms with Gasteiger partial charge in [0.05, 0.1) is 33.3 Å². The normalized spacial score (nSPS) is 14.8. The first-order valence-electron chi connectivity index (χ1n) is 11.7. The Morgan fingerprint density at radius 3 is 2.68 bits per heavy atom. The number of anilines is 1. The van der Waals surface area contributed by atoms with Gasteiger partial charge in [0.1, 0.15) is 17.0 Å². The van der Waals surface area contributed by atoms with Crippen LogP contribution in [0.5, 0.6) is 0 Å². The fraction of sp³-hybridized carbons (Fsp3) is 0.320. The maximum Gasteiger partial charge on any atom is 0.266 e. The van der Waals surface area contributed by atoms with Gasteiger partial charge in [-0.25, -0.2) is 13.4 Å². The lowest BCUT2D eigenvalue weighted by Crippen LogP contribution is -2.43. The number of aromatic nitrogens is 2. The maximum absolute atomic E-state index is 14.1. The summed E-state index contributed by atoms with van der Waals surface area (Å²) in [6.45, 7) is 5.51. The van der Waals surface area contributed by atoms with Crippen molar-refractivity contribution in [3.8, 4) is 11.3 Å². The third-order valence-corrected chi connectivity index (χ3v) is 8.68. The van der Waals surface area contributed by atoms with E-state index in [4.69, 9.17) is 20.9 Å². The average molecular weight is 561 g/mol. The third-order valence-electron chi connectivity index (χ3n) is 6.20. The van der Waals surface area contributed by atoms with Crippen LogP contribution < -0.4 is 4.90 Å². The summed E-state index contributed by atoms with van der Waals surface area (Å²) in [5, 5.41) is 5.08. The molecule has 4 aromatic rings. The summed E-state index contributed by atoms with van der Waals surface area (Å²) in [5.41, 5.74) is 1.89. The van der Waals surface area contributed by atoms with Crippen LogP contribution in [-0.4, -0.2) is 75.0 Å². The Balaban J connectivity index is 1.56. The van der Waals surface area contributed by atoms with Gasteiger partial charge in [0.15, 0.2) is 15.0 Å². The first kappa shape index (κ1) is 25.8. The number of hydrogen-bond donors (Lipinski definition) is 0. The van der Waals surface area contributed by atoms with E-state index in [2.05, 4.69) is 15.0 Å². The van der Waals surface area contributed by atoms with Gasteiger partial charge in [-0.15, -0.1) is 0 Å². The average Bonchev–Trinajstić information content (AvgIpc) is 3.47. The fourth-order valence-electron chi connectivity index (χ4n) is 4.19. The van der Waals surface area contributed by atoms with Crippen LogP contribution in [0.25, 0.3) is 21.5 Å². The van der Waals surface area contributed by atoms with E-state index >= 15 is 0 Å². The molecule has 12 heteroatoms. The van der Waals surface area contributed by atoms with E-state index in [1.807, 2.05) is 6.07 Å². The maximum atomic E-state index is 14.1. The Kier molecular flexibility index (Phi) is 7.32. The predicted molar refractivity (Wildman–Crippen MR) is 143 cm³/mol. The standard InChI is InChI=1S/C25H25ClN4O5S2/c1-16-22(23(28-35-16)18-5-3-4-6-19(18)26)24(31)30(10-9-29-11-13-34-14-12-29)25-27-20-8-7-17(37(2,32)33)15-21(20)36-25/h3-8,15H,9-14H2,1-2H3. The second-order valence-corrected chi connectivity index (χ2v) is 12.2. The molecule has 9 nitrogen and oxygen atoms in total. The summed E-state index contributed by atoms with van der Waals surface area (Å²) in [7, 11) is -3.38. The van der Waals surface area contributed by atoms with Gasteiger partial charge in [-0.3, -0.25) is 14.6 Å². The minimum atomic E-state index is -3.38. The smallest absolute Gasteiger partial charge is 0.266 e. The minimum Gasteiger partial charge on any atom is -0.379 e. The number of rotatable bonds is 7. The molecule has 1 aliphatic heterocycles. The van der Waals surface area contributed by atoms with E-state index in [-0.39, 0.29) is 10.8 Å². The summed E-state index contributed by atoms with van der Waals surface area (Å²) in [6, 6.07) is 11.9. The second kappa shape index (κ2) is 10.5. The number of halogens is 1. The fourth-order valence-corrected chi connectivity index (χ4v) is 6.16. The van der Waals surface area contributed by atoms with Crippen molar-refractivity contribution in [3.63, 3.8) is 0 Å². The number of amides is 1. The van der Waals surface area contributed by atoms with Crippen LogP contribution in [0.15, 0.2) is 51.9 Å². The van der Waals surface area contributed by atoms with Crippen LogP contribution in [-0.2, 0) is 14.6 Å². The van der Waals surface area contributed by atoms with Gasteiger partial charge in [0.25, 0.3) is 5.91 Å². The molecule has 3 heterocycles. The summed E-state index contributed by atoms with van der Waals surface area (Å²) in [5.74, 6) is 0.0566. The van der Waals surface area contributed by atoms with Crippen LogP contribution in [0.3, 0.4) is 0 Å². The SMILES string of the molecule is Cc1onc(-c2ccccc2Cl)c1C(=O)N(CCN1CCOCC1)c1nc2ccc(S(C)(=O)=O)cc2s1. The number of ether oxygens (including phenoxy) is 1. The van der Waals surface area contributed by atoms with E-state index in [9.17, 15) is 13.2 Å². The number of sulfone groups is 1. The van der Waals surface area contributed by atoms with Crippen molar-refractivity contribution in [3.05, 3.63) is 58.8 Å². The molecule has 2 aromatic carbocycles. The number of carbonyl (C=O) groups excluding carboxylic acids is 1. The van der Waals surface area contributed by atoms with E-state index in [1.165, 1.54) is 23.7 Å². The van der Waals surface area contributed by atoms with Crippen molar-refractivity contribution in [2.24, 2.45) is 0 Å². The Hall–Kier alpha value is -2.83. The Labute approximate surface area is 223 Å². The van der Waals surface area contributed by atoms with Crippen molar-refractivity contribution in [1.82, 2.24) is 15.0 Å². The number of nitrogens with zero attached hydrogens (tertiary/aromatic N) is 4. The Morgan fingerprint density at radius 1 is 1.19 bits per heavy atom. The van der Waals surface area contributed by atoms with Gasteiger partial charge in [-0.2, -0.15) is 0 Å².